The predicted octanol–water partition coefficient (Wildman–Crippen LogP) is 2.23. The lowest BCUT2D eigenvalue weighted by Crippen LogP contribution is -2.56. The lowest BCUT2D eigenvalue weighted by Gasteiger charge is -2.41. The summed E-state index contributed by atoms with van der Waals surface area (Å²) in [5.74, 6) is 0.437. The van der Waals surface area contributed by atoms with Gasteiger partial charge in [0.1, 0.15) is 18.0 Å². The number of amides is 2. The number of para-hydroxylation sites is 1. The summed E-state index contributed by atoms with van der Waals surface area (Å²) < 4.78 is 6.12. The fraction of sp³-hybridized carbons (Fsp3) is 0.600. The highest BCUT2D eigenvalue weighted by atomic mass is 16.5. The van der Waals surface area contributed by atoms with Crippen molar-refractivity contribution in [2.75, 3.05) is 19.7 Å². The van der Waals surface area contributed by atoms with Crippen molar-refractivity contribution >= 4 is 11.8 Å². The Morgan fingerprint density at radius 2 is 1.88 bits per heavy atom. The molecule has 176 valence electrons. The summed E-state index contributed by atoms with van der Waals surface area (Å²) in [5.41, 5.74) is 1.32. The molecule has 0 bridgehead atoms. The lowest BCUT2D eigenvalue weighted by molar-refractivity contribution is -0.138. The van der Waals surface area contributed by atoms with Crippen molar-refractivity contribution in [3.05, 3.63) is 41.5 Å². The normalized spacial score (nSPS) is 23.9. The third kappa shape index (κ3) is 5.15. The number of hydrogen-bond acceptors (Lipinski definition) is 5. The zero-order valence-corrected chi connectivity index (χ0v) is 19.5. The number of carbonyl (C=O) groups is 2. The average Bonchev–Trinajstić information content (AvgIpc) is 3.13. The summed E-state index contributed by atoms with van der Waals surface area (Å²) in [5, 5.41) is 23.3. The van der Waals surface area contributed by atoms with Gasteiger partial charge in [0.05, 0.1) is 18.6 Å². The number of benzene rings is 1. The van der Waals surface area contributed by atoms with Crippen LogP contribution >= 0.6 is 0 Å². The first kappa shape index (κ1) is 24.3. The number of nitrogens with one attached hydrogen (secondary N) is 1. The molecule has 2 amide bonds. The van der Waals surface area contributed by atoms with E-state index in [2.05, 4.69) is 19.2 Å². The summed E-state index contributed by atoms with van der Waals surface area (Å²) in [6.07, 6.45) is 1.27. The Hall–Kier alpha value is -2.38. The molecular formula is C25H36N2O5. The number of nitrogens with zero attached hydrogens (tertiary/aromatic N) is 1. The Labute approximate surface area is 190 Å². The largest absolute Gasteiger partial charge is 0.486 e. The second-order valence-electron chi connectivity index (χ2n) is 9.55. The van der Waals surface area contributed by atoms with E-state index in [0.717, 1.165) is 12.0 Å². The van der Waals surface area contributed by atoms with Gasteiger partial charge < -0.3 is 25.2 Å². The molecule has 32 heavy (non-hydrogen) atoms. The molecule has 1 aliphatic carbocycles. The van der Waals surface area contributed by atoms with Crippen molar-refractivity contribution < 1.29 is 24.5 Å². The van der Waals surface area contributed by atoms with E-state index in [1.54, 1.807) is 11.0 Å². The van der Waals surface area contributed by atoms with E-state index < -0.39 is 24.2 Å². The quantitative estimate of drug-likeness (QED) is 0.543. The van der Waals surface area contributed by atoms with Gasteiger partial charge in [-0.05, 0) is 30.4 Å². The molecule has 1 aromatic rings. The summed E-state index contributed by atoms with van der Waals surface area (Å²) in [4.78, 5) is 28.0. The van der Waals surface area contributed by atoms with Gasteiger partial charge in [0.25, 0.3) is 0 Å². The number of fused-ring (bicyclic) bond motifs is 3. The number of hydrogen-bond donors (Lipinski definition) is 3. The second-order valence-corrected chi connectivity index (χ2v) is 9.55. The highest BCUT2D eigenvalue weighted by Gasteiger charge is 2.50. The Kier molecular flexibility index (Phi) is 7.96. The molecule has 4 unspecified atom stereocenters. The first-order chi connectivity index (χ1) is 15.2. The minimum absolute atomic E-state index is 0.0370. The maximum Gasteiger partial charge on any atom is 0.247 e. The first-order valence-corrected chi connectivity index (χ1v) is 11.6. The summed E-state index contributed by atoms with van der Waals surface area (Å²) >= 11 is 0. The summed E-state index contributed by atoms with van der Waals surface area (Å²) in [6, 6.07) is 6.81. The topological polar surface area (TPSA) is 99.1 Å². The molecule has 4 atom stereocenters. The van der Waals surface area contributed by atoms with Crippen LogP contribution in [0.4, 0.5) is 0 Å². The highest BCUT2D eigenvalue weighted by Crippen LogP contribution is 2.47. The number of ether oxygens (including phenoxy) is 1. The lowest BCUT2D eigenvalue weighted by atomic mass is 9.77. The van der Waals surface area contributed by atoms with Crippen molar-refractivity contribution in [3.63, 3.8) is 0 Å². The van der Waals surface area contributed by atoms with E-state index in [1.807, 2.05) is 38.1 Å². The average molecular weight is 445 g/mol. The van der Waals surface area contributed by atoms with Crippen LogP contribution in [-0.2, 0) is 9.59 Å². The third-order valence-electron chi connectivity index (χ3n) is 6.09. The van der Waals surface area contributed by atoms with Crippen molar-refractivity contribution in [1.82, 2.24) is 10.2 Å². The molecule has 7 heteroatoms. The van der Waals surface area contributed by atoms with Gasteiger partial charge in [-0.3, -0.25) is 9.59 Å². The van der Waals surface area contributed by atoms with Gasteiger partial charge >= 0.3 is 0 Å². The van der Waals surface area contributed by atoms with Crippen LogP contribution in [0.1, 0.15) is 52.0 Å². The molecule has 1 heterocycles. The molecule has 0 aromatic heterocycles. The Balaban J connectivity index is 2.01. The monoisotopic (exact) mass is 444 g/mol. The molecule has 0 saturated heterocycles. The van der Waals surface area contributed by atoms with Crippen molar-refractivity contribution in [2.24, 2.45) is 11.8 Å². The molecular weight excluding hydrogens is 408 g/mol. The Morgan fingerprint density at radius 3 is 2.53 bits per heavy atom. The zero-order valence-electron chi connectivity index (χ0n) is 19.5. The molecule has 0 radical (unpaired) electrons. The summed E-state index contributed by atoms with van der Waals surface area (Å²) in [7, 11) is 0. The van der Waals surface area contributed by atoms with Crippen molar-refractivity contribution in [3.8, 4) is 5.75 Å². The van der Waals surface area contributed by atoms with E-state index in [-0.39, 0.29) is 30.9 Å². The van der Waals surface area contributed by atoms with E-state index in [4.69, 9.17) is 9.84 Å². The standard InChI is InChI=1S/C25H36N2O5/c1-15(2)9-11-27(21(29)13-16(3)4)19-14-18(25(31)26-10-12-28)22-17-7-5-6-8-20(17)32-24(22)23(19)30/h5-8,14-16,19,22-24,28,30H,9-13H2,1-4H3,(H,26,31). The van der Waals surface area contributed by atoms with Crippen LogP contribution in [0.25, 0.3) is 0 Å². The van der Waals surface area contributed by atoms with Gasteiger partial charge in [-0.25, -0.2) is 0 Å². The number of aliphatic hydroxyl groups is 2. The molecule has 7 nitrogen and oxygen atoms in total. The van der Waals surface area contributed by atoms with Crippen molar-refractivity contribution in [2.45, 2.75) is 64.7 Å². The summed E-state index contributed by atoms with van der Waals surface area (Å²) in [6.45, 7) is 8.64. The third-order valence-corrected chi connectivity index (χ3v) is 6.09. The molecule has 1 aromatic carbocycles. The number of aliphatic hydroxyl groups excluding tert-OH is 2. The molecule has 0 fully saturated rings. The number of rotatable bonds is 9. The SMILES string of the molecule is CC(C)CCN(C(=O)CC(C)C)C1C=C(C(=O)NCCO)C2c3ccccc3OC2C1O. The van der Waals surface area contributed by atoms with Crippen LogP contribution in [0.2, 0.25) is 0 Å². The molecule has 1 aliphatic heterocycles. The molecule has 3 N–H and O–H groups in total. The minimum atomic E-state index is -0.968. The maximum atomic E-state index is 13.2. The van der Waals surface area contributed by atoms with Crippen LogP contribution in [0.5, 0.6) is 5.75 Å². The van der Waals surface area contributed by atoms with Gasteiger partial charge in [-0.1, -0.05) is 45.9 Å². The fourth-order valence-electron chi connectivity index (χ4n) is 4.49. The van der Waals surface area contributed by atoms with Gasteiger partial charge in [0.2, 0.25) is 11.8 Å². The van der Waals surface area contributed by atoms with Gasteiger partial charge in [0.15, 0.2) is 0 Å². The van der Waals surface area contributed by atoms with E-state index in [0.29, 0.717) is 30.2 Å². The van der Waals surface area contributed by atoms with Gasteiger partial charge in [-0.15, -0.1) is 0 Å². The zero-order chi connectivity index (χ0) is 23.4. The maximum absolute atomic E-state index is 13.2. The van der Waals surface area contributed by atoms with E-state index >= 15 is 0 Å². The van der Waals surface area contributed by atoms with E-state index in [9.17, 15) is 14.7 Å². The van der Waals surface area contributed by atoms with Crippen molar-refractivity contribution in [1.29, 1.82) is 0 Å². The highest BCUT2D eigenvalue weighted by molar-refractivity contribution is 5.96. The van der Waals surface area contributed by atoms with Crippen LogP contribution in [0, 0.1) is 11.8 Å². The predicted molar refractivity (Wildman–Crippen MR) is 122 cm³/mol. The van der Waals surface area contributed by atoms with Crippen LogP contribution in [0.15, 0.2) is 35.9 Å². The second kappa shape index (κ2) is 10.5. The van der Waals surface area contributed by atoms with Crippen LogP contribution in [0.3, 0.4) is 0 Å². The number of carbonyl (C=O) groups excluding carboxylic acids is 2. The Bertz CT molecular complexity index is 850. The first-order valence-electron chi connectivity index (χ1n) is 11.6. The van der Waals surface area contributed by atoms with Crippen LogP contribution in [-0.4, -0.2) is 64.9 Å². The smallest absolute Gasteiger partial charge is 0.247 e. The van der Waals surface area contributed by atoms with E-state index in [1.165, 1.54) is 0 Å². The van der Waals surface area contributed by atoms with Crippen LogP contribution < -0.4 is 10.1 Å². The molecule has 2 aliphatic rings. The molecule has 3 rings (SSSR count). The van der Waals surface area contributed by atoms with Gasteiger partial charge in [0, 0.05) is 30.6 Å². The van der Waals surface area contributed by atoms with Gasteiger partial charge in [-0.2, -0.15) is 0 Å². The fourth-order valence-corrected chi connectivity index (χ4v) is 4.49. The molecule has 0 spiro atoms. The molecule has 0 saturated carbocycles. The Morgan fingerprint density at radius 1 is 1.16 bits per heavy atom. The minimum Gasteiger partial charge on any atom is -0.486 e.